The minimum Gasteiger partial charge on any atom is -0.479 e. The number of hydrogen-bond donors (Lipinski definition) is 0. The second-order valence-corrected chi connectivity index (χ2v) is 5.55. The molecule has 0 aliphatic heterocycles. The Labute approximate surface area is 150 Å². The third-order valence-corrected chi connectivity index (χ3v) is 3.61. The van der Waals surface area contributed by atoms with Gasteiger partial charge in [0.25, 0.3) is 0 Å². The Morgan fingerprint density at radius 2 is 1.92 bits per heavy atom. The third-order valence-electron chi connectivity index (χ3n) is 3.61. The number of nitriles is 1. The number of aromatic nitrogens is 1. The molecule has 0 bridgehead atoms. The van der Waals surface area contributed by atoms with Gasteiger partial charge < -0.3 is 14.0 Å². The summed E-state index contributed by atoms with van der Waals surface area (Å²) in [6.07, 6.45) is -0.788. The van der Waals surface area contributed by atoms with Crippen LogP contribution in [-0.4, -0.2) is 17.2 Å². The number of nitrogens with zero attached hydrogens (tertiary/aromatic N) is 2. The van der Waals surface area contributed by atoms with E-state index in [2.05, 4.69) is 5.16 Å². The SMILES string of the molecule is C[C@@H](Oc1ccc(C#N)cc1)C(=O)OCc1cc(-c2ccccc2)on1. The number of hydrogen-bond acceptors (Lipinski definition) is 6. The van der Waals surface area contributed by atoms with E-state index in [1.807, 2.05) is 36.4 Å². The van der Waals surface area contributed by atoms with E-state index in [0.717, 1.165) is 5.56 Å². The second-order valence-electron chi connectivity index (χ2n) is 5.55. The average molecular weight is 348 g/mol. The molecular formula is C20H16N2O4. The molecule has 1 aromatic heterocycles. The van der Waals surface area contributed by atoms with Crippen LogP contribution in [0.2, 0.25) is 0 Å². The average Bonchev–Trinajstić information content (AvgIpc) is 3.16. The van der Waals surface area contributed by atoms with Gasteiger partial charge in [0.05, 0.1) is 11.6 Å². The van der Waals surface area contributed by atoms with Gasteiger partial charge in [0.1, 0.15) is 18.1 Å². The molecule has 3 rings (SSSR count). The Kier molecular flexibility index (Phi) is 5.30. The fourth-order valence-corrected chi connectivity index (χ4v) is 2.24. The smallest absolute Gasteiger partial charge is 0.347 e. The summed E-state index contributed by atoms with van der Waals surface area (Å²) in [5.74, 6) is 0.582. The van der Waals surface area contributed by atoms with Crippen LogP contribution in [0.15, 0.2) is 65.2 Å². The molecule has 26 heavy (non-hydrogen) atoms. The number of carbonyl (C=O) groups excluding carboxylic acids is 1. The molecule has 0 radical (unpaired) electrons. The number of carbonyl (C=O) groups is 1. The first-order chi connectivity index (χ1) is 12.7. The van der Waals surface area contributed by atoms with Crippen LogP contribution in [-0.2, 0) is 16.1 Å². The van der Waals surface area contributed by atoms with E-state index in [1.54, 1.807) is 37.3 Å². The normalized spacial score (nSPS) is 11.4. The summed E-state index contributed by atoms with van der Waals surface area (Å²) in [5, 5.41) is 12.7. The monoisotopic (exact) mass is 348 g/mol. The van der Waals surface area contributed by atoms with Gasteiger partial charge in [-0.1, -0.05) is 35.5 Å². The fourth-order valence-electron chi connectivity index (χ4n) is 2.24. The molecule has 0 amide bonds. The first-order valence-corrected chi connectivity index (χ1v) is 8.00. The van der Waals surface area contributed by atoms with Gasteiger partial charge in [0.2, 0.25) is 0 Å². The summed E-state index contributed by atoms with van der Waals surface area (Å²) in [6, 6.07) is 19.8. The molecule has 0 N–H and O–H groups in total. The van der Waals surface area contributed by atoms with E-state index in [9.17, 15) is 4.79 Å². The van der Waals surface area contributed by atoms with Gasteiger partial charge in [-0.3, -0.25) is 0 Å². The molecular weight excluding hydrogens is 332 g/mol. The molecule has 0 aliphatic carbocycles. The van der Waals surface area contributed by atoms with Crippen LogP contribution in [0.4, 0.5) is 0 Å². The zero-order chi connectivity index (χ0) is 18.4. The van der Waals surface area contributed by atoms with Crippen molar-refractivity contribution >= 4 is 5.97 Å². The Hall–Kier alpha value is -3.59. The van der Waals surface area contributed by atoms with E-state index in [0.29, 0.717) is 22.8 Å². The maximum atomic E-state index is 12.1. The Bertz CT molecular complexity index is 911. The first-order valence-electron chi connectivity index (χ1n) is 8.00. The molecule has 6 heteroatoms. The summed E-state index contributed by atoms with van der Waals surface area (Å²) in [4.78, 5) is 12.1. The second kappa shape index (κ2) is 7.99. The largest absolute Gasteiger partial charge is 0.479 e. The molecule has 0 aliphatic rings. The van der Waals surface area contributed by atoms with Crippen LogP contribution >= 0.6 is 0 Å². The zero-order valence-electron chi connectivity index (χ0n) is 14.1. The van der Waals surface area contributed by atoms with Crippen LogP contribution in [0.25, 0.3) is 11.3 Å². The predicted molar refractivity (Wildman–Crippen MR) is 93.0 cm³/mol. The molecule has 0 saturated heterocycles. The summed E-state index contributed by atoms with van der Waals surface area (Å²) in [5.41, 5.74) is 1.94. The molecule has 0 fully saturated rings. The van der Waals surface area contributed by atoms with Crippen molar-refractivity contribution in [3.63, 3.8) is 0 Å². The lowest BCUT2D eigenvalue weighted by atomic mass is 10.2. The number of esters is 1. The maximum absolute atomic E-state index is 12.1. The zero-order valence-corrected chi connectivity index (χ0v) is 14.1. The molecule has 0 spiro atoms. The van der Waals surface area contributed by atoms with Crippen molar-refractivity contribution in [1.82, 2.24) is 5.16 Å². The Morgan fingerprint density at radius 3 is 2.62 bits per heavy atom. The fraction of sp³-hybridized carbons (Fsp3) is 0.150. The van der Waals surface area contributed by atoms with Crippen molar-refractivity contribution in [2.75, 3.05) is 0 Å². The third kappa shape index (κ3) is 4.28. The summed E-state index contributed by atoms with van der Waals surface area (Å²) < 4.78 is 16.0. The standard InChI is InChI=1S/C20H16N2O4/c1-14(25-18-9-7-15(12-21)8-10-18)20(23)24-13-17-11-19(26-22-17)16-5-3-2-4-6-16/h2-11,14H,13H2,1H3/t14-/m1/s1. The minimum absolute atomic E-state index is 0.00373. The highest BCUT2D eigenvalue weighted by atomic mass is 16.6. The van der Waals surface area contributed by atoms with Crippen LogP contribution in [0.3, 0.4) is 0 Å². The number of benzene rings is 2. The molecule has 6 nitrogen and oxygen atoms in total. The highest BCUT2D eigenvalue weighted by Crippen LogP contribution is 2.20. The maximum Gasteiger partial charge on any atom is 0.347 e. The van der Waals surface area contributed by atoms with Crippen LogP contribution < -0.4 is 4.74 Å². The van der Waals surface area contributed by atoms with E-state index in [-0.39, 0.29) is 6.61 Å². The van der Waals surface area contributed by atoms with E-state index in [1.165, 1.54) is 0 Å². The van der Waals surface area contributed by atoms with Crippen molar-refractivity contribution in [2.24, 2.45) is 0 Å². The molecule has 1 heterocycles. The van der Waals surface area contributed by atoms with Crippen molar-refractivity contribution in [3.05, 3.63) is 71.9 Å². The van der Waals surface area contributed by atoms with E-state index in [4.69, 9.17) is 19.3 Å². The van der Waals surface area contributed by atoms with Gasteiger partial charge in [-0.2, -0.15) is 5.26 Å². The van der Waals surface area contributed by atoms with Gasteiger partial charge in [-0.05, 0) is 31.2 Å². The minimum atomic E-state index is -0.788. The molecule has 0 unspecified atom stereocenters. The molecule has 1 atom stereocenters. The number of rotatable bonds is 6. The summed E-state index contributed by atoms with van der Waals surface area (Å²) in [6.45, 7) is 1.59. The summed E-state index contributed by atoms with van der Waals surface area (Å²) >= 11 is 0. The highest BCUT2D eigenvalue weighted by Gasteiger charge is 2.17. The highest BCUT2D eigenvalue weighted by molar-refractivity contribution is 5.74. The quantitative estimate of drug-likeness (QED) is 0.631. The topological polar surface area (TPSA) is 85.3 Å². The summed E-state index contributed by atoms with van der Waals surface area (Å²) in [7, 11) is 0. The van der Waals surface area contributed by atoms with Crippen molar-refractivity contribution in [2.45, 2.75) is 19.6 Å². The Morgan fingerprint density at radius 1 is 1.19 bits per heavy atom. The lowest BCUT2D eigenvalue weighted by molar-refractivity contribution is -0.152. The van der Waals surface area contributed by atoms with Gasteiger partial charge in [-0.15, -0.1) is 0 Å². The van der Waals surface area contributed by atoms with Gasteiger partial charge in [0.15, 0.2) is 11.9 Å². The molecule has 0 saturated carbocycles. The van der Waals surface area contributed by atoms with E-state index < -0.39 is 12.1 Å². The van der Waals surface area contributed by atoms with Gasteiger partial charge in [-0.25, -0.2) is 4.79 Å². The molecule has 2 aromatic carbocycles. The number of ether oxygens (including phenoxy) is 2. The van der Waals surface area contributed by atoms with E-state index >= 15 is 0 Å². The van der Waals surface area contributed by atoms with Gasteiger partial charge in [0, 0.05) is 11.6 Å². The van der Waals surface area contributed by atoms with Crippen LogP contribution in [0.5, 0.6) is 5.75 Å². The lowest BCUT2D eigenvalue weighted by Crippen LogP contribution is -2.26. The van der Waals surface area contributed by atoms with Crippen LogP contribution in [0, 0.1) is 11.3 Å². The lowest BCUT2D eigenvalue weighted by Gasteiger charge is -2.13. The Balaban J connectivity index is 1.53. The predicted octanol–water partition coefficient (Wildman–Crippen LogP) is 3.72. The van der Waals surface area contributed by atoms with Crippen molar-refractivity contribution < 1.29 is 18.8 Å². The van der Waals surface area contributed by atoms with Crippen molar-refractivity contribution in [3.8, 4) is 23.1 Å². The molecule has 130 valence electrons. The first kappa shape index (κ1) is 17.2. The molecule has 3 aromatic rings. The van der Waals surface area contributed by atoms with Crippen molar-refractivity contribution in [1.29, 1.82) is 5.26 Å². The van der Waals surface area contributed by atoms with Gasteiger partial charge >= 0.3 is 5.97 Å². The van der Waals surface area contributed by atoms with Crippen LogP contribution in [0.1, 0.15) is 18.2 Å².